The van der Waals surface area contributed by atoms with E-state index in [0.29, 0.717) is 17.7 Å². The molecule has 0 radical (unpaired) electrons. The first-order chi connectivity index (χ1) is 8.02. The van der Waals surface area contributed by atoms with Crippen LogP contribution < -0.4 is 0 Å². The van der Waals surface area contributed by atoms with Gasteiger partial charge in [-0.15, -0.1) is 0 Å². The molecule has 1 fully saturated rings. The lowest BCUT2D eigenvalue weighted by Crippen LogP contribution is -2.56. The van der Waals surface area contributed by atoms with Crippen LogP contribution in [0, 0.1) is 5.92 Å². The number of phenols is 1. The summed E-state index contributed by atoms with van der Waals surface area (Å²) in [6.45, 7) is 5.91. The van der Waals surface area contributed by atoms with Crippen LogP contribution in [0.25, 0.3) is 0 Å². The Morgan fingerprint density at radius 1 is 1.41 bits per heavy atom. The molecule has 1 aliphatic heterocycles. The number of rotatable bonds is 0. The predicted molar refractivity (Wildman–Crippen MR) is 69.4 cm³/mol. The van der Waals surface area contributed by atoms with Crippen molar-refractivity contribution in [3.05, 3.63) is 29.3 Å². The lowest BCUT2D eigenvalue weighted by molar-refractivity contribution is 0.0506. The number of benzene rings is 1. The van der Waals surface area contributed by atoms with Gasteiger partial charge in [0.15, 0.2) is 0 Å². The summed E-state index contributed by atoms with van der Waals surface area (Å²) < 4.78 is 0. The fourth-order valence-electron chi connectivity index (χ4n) is 3.82. The van der Waals surface area contributed by atoms with Crippen LogP contribution in [0.5, 0.6) is 5.75 Å². The number of likely N-dealkylation sites (tertiary alicyclic amines) is 1. The summed E-state index contributed by atoms with van der Waals surface area (Å²) in [4.78, 5) is 2.50. The summed E-state index contributed by atoms with van der Waals surface area (Å²) in [6.07, 6.45) is 2.32. The molecule has 2 bridgehead atoms. The van der Waals surface area contributed by atoms with Gasteiger partial charge in [-0.2, -0.15) is 0 Å². The minimum absolute atomic E-state index is 0.240. The zero-order chi connectivity index (χ0) is 12.2. The Labute approximate surface area is 103 Å². The Morgan fingerprint density at radius 3 is 2.94 bits per heavy atom. The molecule has 0 amide bonds. The van der Waals surface area contributed by atoms with Crippen LogP contribution in [0.3, 0.4) is 0 Å². The van der Waals surface area contributed by atoms with Crippen molar-refractivity contribution in [2.45, 2.75) is 38.1 Å². The van der Waals surface area contributed by atoms with Gasteiger partial charge in [-0.25, -0.2) is 0 Å². The molecule has 0 spiro atoms. The minimum atomic E-state index is 0.240. The number of hydrogen-bond donors (Lipinski definition) is 1. The second kappa shape index (κ2) is 3.49. The number of piperidine rings is 1. The van der Waals surface area contributed by atoms with E-state index in [0.717, 1.165) is 6.42 Å². The Bertz CT molecular complexity index is 456. The van der Waals surface area contributed by atoms with E-state index in [4.69, 9.17) is 0 Å². The normalized spacial score (nSPS) is 36.6. The number of nitrogens with zero attached hydrogens (tertiary/aromatic N) is 1. The van der Waals surface area contributed by atoms with Crippen molar-refractivity contribution in [3.63, 3.8) is 0 Å². The first-order valence-corrected chi connectivity index (χ1v) is 6.55. The molecule has 1 aromatic carbocycles. The van der Waals surface area contributed by atoms with Gasteiger partial charge in [-0.05, 0) is 61.0 Å². The van der Waals surface area contributed by atoms with Crippen molar-refractivity contribution in [1.82, 2.24) is 4.90 Å². The maximum Gasteiger partial charge on any atom is 0.115 e. The van der Waals surface area contributed by atoms with E-state index in [1.165, 1.54) is 24.1 Å². The van der Waals surface area contributed by atoms with Crippen LogP contribution in [0.1, 0.15) is 31.4 Å². The number of fused-ring (bicyclic) bond motifs is 4. The Morgan fingerprint density at radius 2 is 2.18 bits per heavy atom. The molecule has 1 saturated heterocycles. The van der Waals surface area contributed by atoms with Crippen LogP contribution in [-0.4, -0.2) is 29.6 Å². The van der Waals surface area contributed by atoms with Gasteiger partial charge < -0.3 is 10.0 Å². The zero-order valence-corrected chi connectivity index (χ0v) is 10.9. The van der Waals surface area contributed by atoms with Gasteiger partial charge in [0.2, 0.25) is 0 Å². The van der Waals surface area contributed by atoms with E-state index in [2.05, 4.69) is 31.9 Å². The first kappa shape index (κ1) is 11.1. The largest absolute Gasteiger partial charge is 0.508 e. The monoisotopic (exact) mass is 231 g/mol. The fraction of sp³-hybridized carbons (Fsp3) is 0.600. The lowest BCUT2D eigenvalue weighted by Gasteiger charge is -2.53. The smallest absolute Gasteiger partial charge is 0.115 e. The highest BCUT2D eigenvalue weighted by Crippen LogP contribution is 2.48. The van der Waals surface area contributed by atoms with Crippen molar-refractivity contribution in [3.8, 4) is 5.75 Å². The van der Waals surface area contributed by atoms with Crippen molar-refractivity contribution in [2.24, 2.45) is 5.92 Å². The van der Waals surface area contributed by atoms with Gasteiger partial charge in [0.1, 0.15) is 5.75 Å². The number of phenolic OH excluding ortho intramolecular Hbond substituents is 1. The maximum atomic E-state index is 9.73. The third-order valence-corrected chi connectivity index (χ3v) is 5.27. The van der Waals surface area contributed by atoms with Crippen LogP contribution >= 0.6 is 0 Å². The summed E-state index contributed by atoms with van der Waals surface area (Å²) >= 11 is 0. The van der Waals surface area contributed by atoms with Crippen molar-refractivity contribution < 1.29 is 5.11 Å². The molecule has 0 aromatic heterocycles. The summed E-state index contributed by atoms with van der Waals surface area (Å²) in [6, 6.07) is 6.59. The highest BCUT2D eigenvalue weighted by molar-refractivity contribution is 5.44. The first-order valence-electron chi connectivity index (χ1n) is 6.55. The van der Waals surface area contributed by atoms with E-state index < -0.39 is 0 Å². The van der Waals surface area contributed by atoms with E-state index in [1.54, 1.807) is 0 Å². The van der Waals surface area contributed by atoms with Crippen molar-refractivity contribution >= 4 is 0 Å². The number of hydrogen-bond acceptors (Lipinski definition) is 2. The average Bonchev–Trinajstić information content (AvgIpc) is 2.30. The van der Waals surface area contributed by atoms with E-state index in [9.17, 15) is 5.11 Å². The fourth-order valence-corrected chi connectivity index (χ4v) is 3.82. The van der Waals surface area contributed by atoms with Gasteiger partial charge in [0, 0.05) is 6.04 Å². The summed E-state index contributed by atoms with van der Waals surface area (Å²) in [7, 11) is 2.24. The molecule has 2 unspecified atom stereocenters. The Hall–Kier alpha value is -1.02. The van der Waals surface area contributed by atoms with Crippen molar-refractivity contribution in [2.75, 3.05) is 13.6 Å². The highest BCUT2D eigenvalue weighted by Gasteiger charge is 2.47. The van der Waals surface area contributed by atoms with Gasteiger partial charge in [-0.3, -0.25) is 0 Å². The second-order valence-electron chi connectivity index (χ2n) is 6.05. The topological polar surface area (TPSA) is 23.5 Å². The molecule has 2 heteroatoms. The zero-order valence-electron chi connectivity index (χ0n) is 10.9. The van der Waals surface area contributed by atoms with Crippen LogP contribution in [0.4, 0.5) is 0 Å². The van der Waals surface area contributed by atoms with E-state index in [-0.39, 0.29) is 5.41 Å². The molecule has 2 nitrogen and oxygen atoms in total. The SMILES string of the molecule is C[C@H]1C2Cc3ccc(O)cc3C1(C)CCN2C. The molecule has 92 valence electrons. The molecule has 0 saturated carbocycles. The van der Waals surface area contributed by atoms with Crippen LogP contribution in [0.15, 0.2) is 18.2 Å². The van der Waals surface area contributed by atoms with Gasteiger partial charge in [0.05, 0.1) is 0 Å². The van der Waals surface area contributed by atoms with E-state index >= 15 is 0 Å². The lowest BCUT2D eigenvalue weighted by atomic mass is 9.59. The van der Waals surface area contributed by atoms with Gasteiger partial charge in [-0.1, -0.05) is 19.9 Å². The molecule has 3 rings (SSSR count). The third kappa shape index (κ3) is 1.43. The molecular formula is C15H21NO. The van der Waals surface area contributed by atoms with Crippen LogP contribution in [0.2, 0.25) is 0 Å². The maximum absolute atomic E-state index is 9.73. The molecule has 3 atom stereocenters. The van der Waals surface area contributed by atoms with Crippen LogP contribution in [-0.2, 0) is 11.8 Å². The second-order valence-corrected chi connectivity index (χ2v) is 6.05. The molecule has 2 aliphatic rings. The molecular weight excluding hydrogens is 210 g/mol. The third-order valence-electron chi connectivity index (χ3n) is 5.27. The predicted octanol–water partition coefficient (Wildman–Crippen LogP) is 2.55. The molecule has 1 aromatic rings. The van der Waals surface area contributed by atoms with E-state index in [1.807, 2.05) is 12.1 Å². The average molecular weight is 231 g/mol. The highest BCUT2D eigenvalue weighted by atomic mass is 16.3. The van der Waals surface area contributed by atoms with Crippen molar-refractivity contribution in [1.29, 1.82) is 0 Å². The Balaban J connectivity index is 2.16. The van der Waals surface area contributed by atoms with Gasteiger partial charge in [0.25, 0.3) is 0 Å². The Kier molecular flexibility index (Phi) is 2.27. The molecule has 17 heavy (non-hydrogen) atoms. The number of likely N-dealkylation sites (N-methyl/N-ethyl adjacent to an activating group) is 1. The summed E-state index contributed by atoms with van der Waals surface area (Å²) in [5, 5.41) is 9.73. The molecule has 1 heterocycles. The number of aromatic hydroxyl groups is 1. The quantitative estimate of drug-likeness (QED) is 0.741. The summed E-state index contributed by atoms with van der Waals surface area (Å²) in [5.74, 6) is 1.07. The van der Waals surface area contributed by atoms with Gasteiger partial charge >= 0.3 is 0 Å². The standard InChI is InChI=1S/C15H21NO/c1-10-14-8-11-4-5-12(17)9-13(11)15(10,2)6-7-16(14)3/h4-5,9-10,14,17H,6-8H2,1-3H3/t10-,14?,15?/m0/s1. The minimum Gasteiger partial charge on any atom is -0.508 e. The summed E-state index contributed by atoms with van der Waals surface area (Å²) in [5.41, 5.74) is 3.05. The molecule has 1 N–H and O–H groups in total. The molecule has 1 aliphatic carbocycles.